The highest BCUT2D eigenvalue weighted by atomic mass is 16.4. The average molecular weight is 274 g/mol. The summed E-state index contributed by atoms with van der Waals surface area (Å²) in [5.74, 6) is -0.874. The number of nitrogens with zero attached hydrogens (tertiary/aromatic N) is 1. The summed E-state index contributed by atoms with van der Waals surface area (Å²) in [6.07, 6.45) is 1.73. The Kier molecular flexibility index (Phi) is 3.84. The molecule has 0 atom stereocenters. The number of fused-ring (bicyclic) bond motifs is 1. The predicted octanol–water partition coefficient (Wildman–Crippen LogP) is 2.53. The minimum absolute atomic E-state index is 0.180. The Hall–Kier alpha value is -2.63. The van der Waals surface area contributed by atoms with Crippen molar-refractivity contribution in [2.45, 2.75) is 19.8 Å². The lowest BCUT2D eigenvalue weighted by Crippen LogP contribution is -2.08. The van der Waals surface area contributed by atoms with Crippen molar-refractivity contribution in [1.82, 2.24) is 4.98 Å². The van der Waals surface area contributed by atoms with Crippen LogP contribution in [0.5, 0.6) is 0 Å². The fourth-order valence-corrected chi connectivity index (χ4v) is 1.60. The number of carboxylic acid groups (broad SMARTS) is 1. The van der Waals surface area contributed by atoms with Crippen LogP contribution in [0.4, 0.5) is 5.69 Å². The molecule has 6 heteroatoms. The van der Waals surface area contributed by atoms with E-state index in [1.807, 2.05) is 13.8 Å². The zero-order valence-corrected chi connectivity index (χ0v) is 11.1. The van der Waals surface area contributed by atoms with E-state index in [4.69, 9.17) is 9.52 Å². The minimum atomic E-state index is -1.17. The maximum Gasteiger partial charge on any atom is 0.328 e. The molecule has 0 unspecified atom stereocenters. The van der Waals surface area contributed by atoms with Gasteiger partial charge in [0.15, 0.2) is 11.5 Å². The third kappa shape index (κ3) is 3.23. The fraction of sp³-hybridized carbons (Fsp3) is 0.214. The van der Waals surface area contributed by atoms with Gasteiger partial charge in [0.2, 0.25) is 5.91 Å². The number of aromatic nitrogens is 1. The Bertz CT molecular complexity index is 686. The summed E-state index contributed by atoms with van der Waals surface area (Å²) in [7, 11) is 0. The molecule has 0 aliphatic carbocycles. The van der Waals surface area contributed by atoms with Gasteiger partial charge in [-0.2, -0.15) is 0 Å². The zero-order chi connectivity index (χ0) is 14.7. The van der Waals surface area contributed by atoms with E-state index in [-0.39, 0.29) is 5.92 Å². The molecule has 6 nitrogen and oxygen atoms in total. The first-order chi connectivity index (χ1) is 9.45. The Morgan fingerprint density at radius 3 is 2.75 bits per heavy atom. The number of oxazole rings is 1. The third-order valence-electron chi connectivity index (χ3n) is 2.54. The summed E-state index contributed by atoms with van der Waals surface area (Å²) in [4.78, 5) is 26.1. The van der Waals surface area contributed by atoms with E-state index in [1.54, 1.807) is 18.2 Å². The SMILES string of the molecule is CC(C)c1nc2cc(NC(=O)/C=C/C(=O)O)ccc2o1. The van der Waals surface area contributed by atoms with Gasteiger partial charge in [-0.25, -0.2) is 9.78 Å². The molecule has 1 amide bonds. The molecule has 0 spiro atoms. The van der Waals surface area contributed by atoms with E-state index >= 15 is 0 Å². The average Bonchev–Trinajstić information content (AvgIpc) is 2.79. The van der Waals surface area contributed by atoms with Crippen LogP contribution in [0.3, 0.4) is 0 Å². The number of rotatable bonds is 4. The van der Waals surface area contributed by atoms with E-state index in [0.29, 0.717) is 22.7 Å². The highest BCUT2D eigenvalue weighted by molar-refractivity contribution is 6.02. The molecule has 0 aliphatic heterocycles. The van der Waals surface area contributed by atoms with E-state index in [9.17, 15) is 9.59 Å². The van der Waals surface area contributed by atoms with Crippen LogP contribution in [0, 0.1) is 0 Å². The molecule has 1 aromatic carbocycles. The quantitative estimate of drug-likeness (QED) is 0.836. The van der Waals surface area contributed by atoms with Gasteiger partial charge in [0, 0.05) is 23.8 Å². The van der Waals surface area contributed by atoms with Gasteiger partial charge in [0.1, 0.15) is 5.52 Å². The van der Waals surface area contributed by atoms with Crippen LogP contribution in [-0.4, -0.2) is 22.0 Å². The number of hydrogen-bond acceptors (Lipinski definition) is 4. The van der Waals surface area contributed by atoms with Gasteiger partial charge < -0.3 is 14.8 Å². The lowest BCUT2D eigenvalue weighted by molar-refractivity contribution is -0.131. The molecule has 0 saturated carbocycles. The monoisotopic (exact) mass is 274 g/mol. The molecule has 0 bridgehead atoms. The zero-order valence-electron chi connectivity index (χ0n) is 11.1. The topological polar surface area (TPSA) is 92.4 Å². The van der Waals surface area contributed by atoms with Crippen molar-refractivity contribution in [2.24, 2.45) is 0 Å². The Morgan fingerprint density at radius 2 is 2.10 bits per heavy atom. The maximum absolute atomic E-state index is 11.5. The molecule has 1 heterocycles. The molecule has 0 saturated heterocycles. The first-order valence-electron chi connectivity index (χ1n) is 6.08. The number of amides is 1. The number of hydrogen-bond donors (Lipinski definition) is 2. The van der Waals surface area contributed by atoms with E-state index in [0.717, 1.165) is 12.2 Å². The molecule has 2 N–H and O–H groups in total. The van der Waals surface area contributed by atoms with E-state index < -0.39 is 11.9 Å². The summed E-state index contributed by atoms with van der Waals surface area (Å²) in [5.41, 5.74) is 1.82. The summed E-state index contributed by atoms with van der Waals surface area (Å²) >= 11 is 0. The number of carbonyl (C=O) groups excluding carboxylic acids is 1. The van der Waals surface area contributed by atoms with Gasteiger partial charge >= 0.3 is 5.97 Å². The van der Waals surface area contributed by atoms with Crippen molar-refractivity contribution >= 4 is 28.7 Å². The number of aliphatic carboxylic acids is 1. The number of carboxylic acids is 1. The van der Waals surface area contributed by atoms with E-state index in [1.165, 1.54) is 0 Å². The summed E-state index contributed by atoms with van der Waals surface area (Å²) in [6, 6.07) is 5.06. The maximum atomic E-state index is 11.5. The van der Waals surface area contributed by atoms with Gasteiger partial charge in [-0.1, -0.05) is 13.8 Å². The van der Waals surface area contributed by atoms with Crippen LogP contribution in [-0.2, 0) is 9.59 Å². The van der Waals surface area contributed by atoms with Crippen molar-refractivity contribution in [2.75, 3.05) is 5.32 Å². The minimum Gasteiger partial charge on any atom is -0.478 e. The van der Waals surface area contributed by atoms with Crippen molar-refractivity contribution in [1.29, 1.82) is 0 Å². The summed E-state index contributed by atoms with van der Waals surface area (Å²) < 4.78 is 5.55. The second kappa shape index (κ2) is 5.56. The molecule has 1 aromatic heterocycles. The van der Waals surface area contributed by atoms with Crippen molar-refractivity contribution in [3.8, 4) is 0 Å². The fourth-order valence-electron chi connectivity index (χ4n) is 1.60. The number of nitrogens with one attached hydrogen (secondary N) is 1. The summed E-state index contributed by atoms with van der Waals surface area (Å²) in [5, 5.41) is 11.0. The standard InChI is InChI=1S/C14H14N2O4/c1-8(2)14-16-10-7-9(3-4-11(10)20-14)15-12(17)5-6-13(18)19/h3-8H,1-2H3,(H,15,17)(H,18,19)/b6-5+. The largest absolute Gasteiger partial charge is 0.478 e. The third-order valence-corrected chi connectivity index (χ3v) is 2.54. The van der Waals surface area contributed by atoms with Crippen molar-refractivity contribution in [3.05, 3.63) is 36.2 Å². The Morgan fingerprint density at radius 1 is 1.35 bits per heavy atom. The molecule has 2 aromatic rings. The van der Waals surface area contributed by atoms with Crippen LogP contribution in [0.1, 0.15) is 25.7 Å². The van der Waals surface area contributed by atoms with Gasteiger partial charge in [0.05, 0.1) is 0 Å². The highest BCUT2D eigenvalue weighted by Gasteiger charge is 2.10. The smallest absolute Gasteiger partial charge is 0.328 e. The second-order valence-corrected chi connectivity index (χ2v) is 4.55. The number of anilines is 1. The molecule has 0 fully saturated rings. The molecule has 0 radical (unpaired) electrons. The molecule has 2 rings (SSSR count). The predicted molar refractivity (Wildman–Crippen MR) is 73.5 cm³/mol. The molecular weight excluding hydrogens is 260 g/mol. The van der Waals surface area contributed by atoms with Crippen molar-refractivity contribution < 1.29 is 19.1 Å². The van der Waals surface area contributed by atoms with Gasteiger partial charge in [-0.05, 0) is 18.2 Å². The molecular formula is C14H14N2O4. The van der Waals surface area contributed by atoms with Crippen molar-refractivity contribution in [3.63, 3.8) is 0 Å². The van der Waals surface area contributed by atoms with Gasteiger partial charge in [0.25, 0.3) is 0 Å². The first kappa shape index (κ1) is 13.8. The van der Waals surface area contributed by atoms with Crippen LogP contribution in [0.25, 0.3) is 11.1 Å². The highest BCUT2D eigenvalue weighted by Crippen LogP contribution is 2.23. The van der Waals surface area contributed by atoms with Gasteiger partial charge in [-0.3, -0.25) is 4.79 Å². The normalized spacial score (nSPS) is 11.3. The first-order valence-corrected chi connectivity index (χ1v) is 6.08. The molecule has 104 valence electrons. The Balaban J connectivity index is 2.19. The van der Waals surface area contributed by atoms with Gasteiger partial charge in [-0.15, -0.1) is 0 Å². The molecule has 0 aliphatic rings. The lowest BCUT2D eigenvalue weighted by atomic mass is 10.2. The van der Waals surface area contributed by atoms with E-state index in [2.05, 4.69) is 10.3 Å². The molecule has 20 heavy (non-hydrogen) atoms. The Labute approximate surface area is 115 Å². The van der Waals surface area contributed by atoms with Crippen LogP contribution < -0.4 is 5.32 Å². The lowest BCUT2D eigenvalue weighted by Gasteiger charge is -2.00. The second-order valence-electron chi connectivity index (χ2n) is 4.55. The van der Waals surface area contributed by atoms with Crippen LogP contribution in [0.15, 0.2) is 34.8 Å². The summed E-state index contributed by atoms with van der Waals surface area (Å²) in [6.45, 7) is 3.95. The van der Waals surface area contributed by atoms with Crippen LogP contribution >= 0.6 is 0 Å². The number of carbonyl (C=O) groups is 2. The number of benzene rings is 1. The van der Waals surface area contributed by atoms with Crippen LogP contribution in [0.2, 0.25) is 0 Å².